The van der Waals surface area contributed by atoms with Gasteiger partial charge in [0.05, 0.1) is 18.9 Å². The first-order valence-corrected chi connectivity index (χ1v) is 17.8. The fraction of sp³-hybridized carbons (Fsp3) is 0.421. The van der Waals surface area contributed by atoms with Crippen LogP contribution >= 0.6 is 0 Å². The fourth-order valence-corrected chi connectivity index (χ4v) is 7.50. The third kappa shape index (κ3) is 8.72. The minimum atomic E-state index is -4.13. The summed E-state index contributed by atoms with van der Waals surface area (Å²) in [5, 5.41) is 10.8. The van der Waals surface area contributed by atoms with Crippen molar-refractivity contribution in [2.24, 2.45) is 11.8 Å². The fourth-order valence-electron chi connectivity index (χ4n) is 7.50. The van der Waals surface area contributed by atoms with Crippen LogP contribution in [-0.4, -0.2) is 91.4 Å². The standard InChI is InChI=1S/C19H20F4N4.C19H22F2N4/c20-15-1-2-16-17(9-24-18(16)7-15)14-8-25-27(11-14)10-13-3-5-26(6-4-13)12-19(21,22)23;20-5-8-24-6-3-14(4-7-24)12-25-13-15(10-23-25)18-11-22-19-9-16(21)1-2-17(18)19/h1-2,7-9,11,13,24H,3-6,10,12H2;1-2,9-11,13-14,22H,3-8,12H2. The molecule has 52 heavy (non-hydrogen) atoms. The summed E-state index contributed by atoms with van der Waals surface area (Å²) in [5.74, 6) is 0.374. The van der Waals surface area contributed by atoms with E-state index in [-0.39, 0.29) is 18.3 Å². The van der Waals surface area contributed by atoms with Crippen molar-refractivity contribution in [2.75, 3.05) is 45.9 Å². The van der Waals surface area contributed by atoms with Crippen LogP contribution in [0.15, 0.2) is 73.6 Å². The smallest absolute Gasteiger partial charge is 0.360 e. The van der Waals surface area contributed by atoms with Crippen molar-refractivity contribution in [3.05, 3.63) is 85.2 Å². The Morgan fingerprint density at radius 1 is 0.673 bits per heavy atom. The highest BCUT2D eigenvalue weighted by Crippen LogP contribution is 2.31. The van der Waals surface area contributed by atoms with Crippen molar-refractivity contribution in [2.45, 2.75) is 44.9 Å². The van der Waals surface area contributed by atoms with Crippen LogP contribution in [0.3, 0.4) is 0 Å². The number of piperidine rings is 2. The average Bonchev–Trinajstić information content (AvgIpc) is 3.93. The van der Waals surface area contributed by atoms with Gasteiger partial charge in [0.15, 0.2) is 0 Å². The van der Waals surface area contributed by atoms with Gasteiger partial charge in [-0.05, 0) is 100 Å². The molecule has 2 aliphatic heterocycles. The van der Waals surface area contributed by atoms with E-state index in [0.29, 0.717) is 38.0 Å². The summed E-state index contributed by atoms with van der Waals surface area (Å²) < 4.78 is 80.3. The van der Waals surface area contributed by atoms with Gasteiger partial charge in [0, 0.05) is 88.5 Å². The van der Waals surface area contributed by atoms with Crippen molar-refractivity contribution in [3.8, 4) is 22.3 Å². The second kappa shape index (κ2) is 15.6. The van der Waals surface area contributed by atoms with E-state index in [0.717, 1.165) is 89.4 Å². The summed E-state index contributed by atoms with van der Waals surface area (Å²) in [7, 11) is 0. The molecule has 6 heterocycles. The number of halogens is 6. The van der Waals surface area contributed by atoms with Gasteiger partial charge in [-0.3, -0.25) is 14.3 Å². The molecule has 14 heteroatoms. The minimum absolute atomic E-state index is 0.240. The van der Waals surface area contributed by atoms with Crippen LogP contribution in [0.4, 0.5) is 26.3 Å². The van der Waals surface area contributed by atoms with E-state index in [1.165, 1.54) is 29.2 Å². The van der Waals surface area contributed by atoms with Gasteiger partial charge in [0.2, 0.25) is 0 Å². The topological polar surface area (TPSA) is 73.7 Å². The van der Waals surface area contributed by atoms with Crippen LogP contribution in [-0.2, 0) is 13.1 Å². The molecule has 4 aromatic heterocycles. The summed E-state index contributed by atoms with van der Waals surface area (Å²) in [6.07, 6.45) is 10.9. The molecule has 8 nitrogen and oxygen atoms in total. The number of H-pyrrole nitrogens is 2. The van der Waals surface area contributed by atoms with E-state index in [4.69, 9.17) is 0 Å². The Bertz CT molecular complexity index is 2060. The van der Waals surface area contributed by atoms with Crippen molar-refractivity contribution < 1.29 is 26.3 Å². The normalized spacial score (nSPS) is 16.9. The molecule has 0 amide bonds. The lowest BCUT2D eigenvalue weighted by Gasteiger charge is -2.32. The number of hydrogen-bond acceptors (Lipinski definition) is 4. The number of benzene rings is 2. The molecule has 8 rings (SSSR count). The Hall–Kier alpha value is -4.56. The maximum atomic E-state index is 13.3. The van der Waals surface area contributed by atoms with E-state index in [9.17, 15) is 26.3 Å². The third-order valence-corrected chi connectivity index (χ3v) is 10.3. The zero-order chi connectivity index (χ0) is 36.2. The summed E-state index contributed by atoms with van der Waals surface area (Å²) in [6.45, 7) is 3.91. The van der Waals surface area contributed by atoms with Gasteiger partial charge in [-0.15, -0.1) is 0 Å². The highest BCUT2D eigenvalue weighted by molar-refractivity contribution is 5.96. The zero-order valence-corrected chi connectivity index (χ0v) is 28.7. The van der Waals surface area contributed by atoms with Crippen LogP contribution in [0.1, 0.15) is 25.7 Å². The van der Waals surface area contributed by atoms with E-state index in [2.05, 4.69) is 31.3 Å². The number of nitrogens with zero attached hydrogens (tertiary/aromatic N) is 6. The van der Waals surface area contributed by atoms with Gasteiger partial charge in [-0.2, -0.15) is 23.4 Å². The van der Waals surface area contributed by atoms with Crippen molar-refractivity contribution in [1.82, 2.24) is 39.3 Å². The molecule has 2 aliphatic rings. The molecule has 0 spiro atoms. The number of nitrogens with one attached hydrogen (secondary N) is 2. The molecule has 2 N–H and O–H groups in total. The van der Waals surface area contributed by atoms with Crippen LogP contribution in [0.5, 0.6) is 0 Å². The Labute approximate surface area is 297 Å². The van der Waals surface area contributed by atoms with Gasteiger partial charge in [-0.25, -0.2) is 13.2 Å². The number of likely N-dealkylation sites (tertiary alicyclic amines) is 2. The largest absolute Gasteiger partial charge is 0.401 e. The Kier molecular flexibility index (Phi) is 10.7. The molecule has 2 aromatic carbocycles. The monoisotopic (exact) mass is 724 g/mol. The Balaban J connectivity index is 0.000000162. The third-order valence-electron chi connectivity index (χ3n) is 10.3. The van der Waals surface area contributed by atoms with Crippen LogP contribution < -0.4 is 0 Å². The van der Waals surface area contributed by atoms with Gasteiger partial charge < -0.3 is 14.9 Å². The number of aromatic amines is 2. The first-order valence-electron chi connectivity index (χ1n) is 17.8. The van der Waals surface area contributed by atoms with Crippen molar-refractivity contribution in [3.63, 3.8) is 0 Å². The van der Waals surface area contributed by atoms with Gasteiger partial charge in [0.25, 0.3) is 0 Å². The Morgan fingerprint density at radius 3 is 1.58 bits per heavy atom. The molecule has 6 aromatic rings. The highest BCUT2D eigenvalue weighted by Gasteiger charge is 2.32. The SMILES string of the molecule is FCCN1CCC(Cn2cc(-c3c[nH]c4cc(F)ccc34)cn2)CC1.Fc1ccc2c(-c3cnn(CC4CCN(CC(F)(F)F)CC4)c3)c[nH]c2c1. The molecule has 0 unspecified atom stereocenters. The predicted molar refractivity (Wildman–Crippen MR) is 189 cm³/mol. The highest BCUT2D eigenvalue weighted by atomic mass is 19.4. The number of aromatic nitrogens is 6. The molecule has 0 saturated carbocycles. The molecule has 0 atom stereocenters. The average molecular weight is 725 g/mol. The van der Waals surface area contributed by atoms with E-state index >= 15 is 0 Å². The lowest BCUT2D eigenvalue weighted by atomic mass is 9.97. The number of hydrogen-bond donors (Lipinski definition) is 2. The first-order chi connectivity index (χ1) is 25.1. The van der Waals surface area contributed by atoms with Crippen molar-refractivity contribution in [1.29, 1.82) is 0 Å². The van der Waals surface area contributed by atoms with Crippen molar-refractivity contribution >= 4 is 21.8 Å². The first kappa shape index (κ1) is 35.8. The summed E-state index contributed by atoms with van der Waals surface area (Å²) in [6, 6.07) is 9.42. The summed E-state index contributed by atoms with van der Waals surface area (Å²) >= 11 is 0. The number of rotatable bonds is 9. The number of fused-ring (bicyclic) bond motifs is 2. The lowest BCUT2D eigenvalue weighted by molar-refractivity contribution is -0.148. The van der Waals surface area contributed by atoms with Gasteiger partial charge >= 0.3 is 6.18 Å². The second-order valence-electron chi connectivity index (χ2n) is 14.0. The van der Waals surface area contributed by atoms with Crippen LogP contribution in [0.25, 0.3) is 44.1 Å². The quantitative estimate of drug-likeness (QED) is 0.147. The number of alkyl halides is 4. The van der Waals surface area contributed by atoms with E-state index < -0.39 is 12.7 Å². The molecule has 276 valence electrons. The molecule has 0 aliphatic carbocycles. The van der Waals surface area contributed by atoms with Gasteiger partial charge in [0.1, 0.15) is 18.3 Å². The van der Waals surface area contributed by atoms with E-state index in [1.54, 1.807) is 18.3 Å². The summed E-state index contributed by atoms with van der Waals surface area (Å²) in [4.78, 5) is 9.85. The second-order valence-corrected chi connectivity index (χ2v) is 14.0. The van der Waals surface area contributed by atoms with Gasteiger partial charge in [-0.1, -0.05) is 0 Å². The molecule has 0 radical (unpaired) electrons. The minimum Gasteiger partial charge on any atom is -0.360 e. The predicted octanol–water partition coefficient (Wildman–Crippen LogP) is 8.30. The lowest BCUT2D eigenvalue weighted by Crippen LogP contribution is -2.40. The van der Waals surface area contributed by atoms with E-state index in [1.807, 2.05) is 34.2 Å². The van der Waals surface area contributed by atoms with Crippen LogP contribution in [0, 0.1) is 23.5 Å². The Morgan fingerprint density at radius 2 is 1.13 bits per heavy atom. The van der Waals surface area contributed by atoms with Crippen LogP contribution in [0.2, 0.25) is 0 Å². The zero-order valence-electron chi connectivity index (χ0n) is 28.7. The summed E-state index contributed by atoms with van der Waals surface area (Å²) in [5.41, 5.74) is 5.49. The maximum absolute atomic E-state index is 13.3. The maximum Gasteiger partial charge on any atom is 0.401 e. The molecular weight excluding hydrogens is 682 g/mol. The molecule has 2 fully saturated rings. The molecule has 2 saturated heterocycles. The molecule has 0 bridgehead atoms. The molecular formula is C38H42F6N8.